The number of H-pyrrole nitrogens is 1. The monoisotopic (exact) mass is 250 g/mol. The van der Waals surface area contributed by atoms with Crippen LogP contribution >= 0.6 is 0 Å². The molecule has 94 valence electrons. The van der Waals surface area contributed by atoms with Crippen LogP contribution in [0.4, 0.5) is 5.69 Å². The van der Waals surface area contributed by atoms with E-state index >= 15 is 0 Å². The van der Waals surface area contributed by atoms with Crippen LogP contribution in [0.15, 0.2) is 34.6 Å². The number of nitrogens with one attached hydrogen (secondary N) is 4. The van der Waals surface area contributed by atoms with Gasteiger partial charge in [0.15, 0.2) is 5.57 Å². The Labute approximate surface area is 101 Å². The number of aliphatic hydroxyl groups excluding tert-OH is 1. The van der Waals surface area contributed by atoms with Crippen molar-refractivity contribution in [2.75, 3.05) is 12.0 Å². The fraction of sp³-hybridized carbons (Fsp3) is 0.100. The highest BCUT2D eigenvalue weighted by atomic mass is 16.3. The number of aromatic amines is 1. The van der Waals surface area contributed by atoms with Gasteiger partial charge in [0.25, 0.3) is 11.8 Å². The Morgan fingerprint density at radius 2 is 2.11 bits per heavy atom. The van der Waals surface area contributed by atoms with Crippen molar-refractivity contribution in [3.8, 4) is 0 Å². The Balaban J connectivity index is 2.22. The predicted molar refractivity (Wildman–Crippen MR) is 61.5 cm³/mol. The van der Waals surface area contributed by atoms with Gasteiger partial charge in [-0.05, 0) is 6.07 Å². The molecule has 0 aliphatic carbocycles. The average molecular weight is 250 g/mol. The molecule has 0 saturated heterocycles. The molecule has 2 heterocycles. The van der Waals surface area contributed by atoms with Crippen molar-refractivity contribution >= 4 is 17.5 Å². The third-order valence-electron chi connectivity index (χ3n) is 2.23. The highest BCUT2D eigenvalue weighted by Gasteiger charge is 2.26. The van der Waals surface area contributed by atoms with E-state index in [1.807, 2.05) is 0 Å². The Hall–Kier alpha value is -2.77. The van der Waals surface area contributed by atoms with E-state index in [1.165, 1.54) is 12.3 Å². The number of rotatable bonds is 2. The lowest BCUT2D eigenvalue weighted by molar-refractivity contribution is -0.122. The quantitative estimate of drug-likeness (QED) is 0.420. The zero-order valence-corrected chi connectivity index (χ0v) is 9.11. The summed E-state index contributed by atoms with van der Waals surface area (Å²) < 4.78 is 0. The maximum Gasteiger partial charge on any atom is 0.266 e. The maximum absolute atomic E-state index is 11.8. The number of aliphatic hydroxyl groups is 1. The molecule has 0 bridgehead atoms. The molecular weight excluding hydrogens is 240 g/mol. The molecule has 2 amide bonds. The van der Waals surface area contributed by atoms with E-state index in [2.05, 4.69) is 20.9 Å². The Morgan fingerprint density at radius 1 is 1.33 bits per heavy atom. The second kappa shape index (κ2) is 4.62. The molecule has 0 radical (unpaired) electrons. The number of amides is 2. The SMILES string of the molecule is O=C1NCNC(O)=C1C(=O)Nc1cc[nH]c(=O)c1. The van der Waals surface area contributed by atoms with Crippen LogP contribution in [-0.4, -0.2) is 28.6 Å². The molecule has 1 aromatic rings. The minimum Gasteiger partial charge on any atom is -0.494 e. The van der Waals surface area contributed by atoms with Gasteiger partial charge in [0.1, 0.15) is 0 Å². The first-order chi connectivity index (χ1) is 8.58. The first-order valence-electron chi connectivity index (χ1n) is 5.03. The summed E-state index contributed by atoms with van der Waals surface area (Å²) >= 11 is 0. The largest absolute Gasteiger partial charge is 0.494 e. The van der Waals surface area contributed by atoms with E-state index in [1.54, 1.807) is 0 Å². The topological polar surface area (TPSA) is 123 Å². The van der Waals surface area contributed by atoms with E-state index in [0.29, 0.717) is 0 Å². The maximum atomic E-state index is 11.8. The van der Waals surface area contributed by atoms with Crippen molar-refractivity contribution < 1.29 is 14.7 Å². The van der Waals surface area contributed by atoms with E-state index < -0.39 is 28.8 Å². The smallest absolute Gasteiger partial charge is 0.266 e. The van der Waals surface area contributed by atoms with Crippen LogP contribution in [0.3, 0.4) is 0 Å². The molecule has 18 heavy (non-hydrogen) atoms. The molecule has 2 rings (SSSR count). The third kappa shape index (κ3) is 2.32. The van der Waals surface area contributed by atoms with Crippen molar-refractivity contribution in [2.24, 2.45) is 0 Å². The number of hydrogen-bond acceptors (Lipinski definition) is 5. The Morgan fingerprint density at radius 3 is 2.78 bits per heavy atom. The average Bonchev–Trinajstić information content (AvgIpc) is 2.28. The molecule has 1 aliphatic heterocycles. The lowest BCUT2D eigenvalue weighted by Crippen LogP contribution is -2.44. The summed E-state index contributed by atoms with van der Waals surface area (Å²) in [6.07, 6.45) is 1.35. The number of aromatic nitrogens is 1. The summed E-state index contributed by atoms with van der Waals surface area (Å²) in [6.45, 7) is 0.0481. The van der Waals surface area contributed by atoms with Gasteiger partial charge >= 0.3 is 0 Å². The van der Waals surface area contributed by atoms with Crippen molar-refractivity contribution in [3.63, 3.8) is 0 Å². The highest BCUT2D eigenvalue weighted by molar-refractivity contribution is 6.23. The van der Waals surface area contributed by atoms with Gasteiger partial charge in [0, 0.05) is 18.0 Å². The van der Waals surface area contributed by atoms with E-state index in [4.69, 9.17) is 0 Å². The number of carbonyl (C=O) groups is 2. The number of pyridine rings is 1. The molecule has 8 heteroatoms. The predicted octanol–water partition coefficient (Wildman–Crippen LogP) is -1.24. The fourth-order valence-electron chi connectivity index (χ4n) is 1.42. The third-order valence-corrected chi connectivity index (χ3v) is 2.23. The first-order valence-corrected chi connectivity index (χ1v) is 5.03. The second-order valence-electron chi connectivity index (χ2n) is 3.48. The summed E-state index contributed by atoms with van der Waals surface area (Å²) in [7, 11) is 0. The summed E-state index contributed by atoms with van der Waals surface area (Å²) in [5.41, 5.74) is -0.596. The van der Waals surface area contributed by atoms with Crippen LogP contribution in [0.1, 0.15) is 0 Å². The molecule has 1 aliphatic rings. The zero-order chi connectivity index (χ0) is 13.1. The molecule has 0 aromatic carbocycles. The van der Waals surface area contributed by atoms with Gasteiger partial charge < -0.3 is 26.0 Å². The summed E-state index contributed by atoms with van der Waals surface area (Å²) in [6, 6.07) is 2.61. The van der Waals surface area contributed by atoms with E-state index in [-0.39, 0.29) is 12.4 Å². The normalized spacial score (nSPS) is 14.8. The van der Waals surface area contributed by atoms with Gasteiger partial charge in [-0.25, -0.2) is 0 Å². The van der Waals surface area contributed by atoms with E-state index in [0.717, 1.165) is 6.07 Å². The summed E-state index contributed by atoms with van der Waals surface area (Å²) in [5.74, 6) is -1.99. The molecular formula is C10H10N4O4. The molecule has 0 atom stereocenters. The Kier molecular flexibility index (Phi) is 3.00. The van der Waals surface area contributed by atoms with Crippen molar-refractivity contribution in [1.29, 1.82) is 0 Å². The van der Waals surface area contributed by atoms with Gasteiger partial charge in [-0.2, -0.15) is 0 Å². The molecule has 0 saturated carbocycles. The Bertz CT molecular complexity index is 590. The molecule has 1 aromatic heterocycles. The van der Waals surface area contributed by atoms with Crippen LogP contribution in [0, 0.1) is 0 Å². The number of carbonyl (C=O) groups excluding carboxylic acids is 2. The van der Waals surface area contributed by atoms with Crippen LogP contribution in [0.5, 0.6) is 0 Å². The standard InChI is InChI=1S/C10H10N4O4/c15-6-3-5(1-2-11-6)14-10(18)7-8(16)12-4-13-9(7)17/h1-3,12,16H,4H2,(H,13,17)(H2,11,14,15,18). The molecule has 0 fully saturated rings. The van der Waals surface area contributed by atoms with Crippen molar-refractivity contribution in [2.45, 2.75) is 0 Å². The van der Waals surface area contributed by atoms with Crippen LogP contribution < -0.4 is 21.5 Å². The highest BCUT2D eigenvalue weighted by Crippen LogP contribution is 2.08. The first kappa shape index (κ1) is 11.7. The van der Waals surface area contributed by atoms with Crippen LogP contribution in [0.2, 0.25) is 0 Å². The minimum atomic E-state index is -0.803. The molecule has 0 spiro atoms. The van der Waals surface area contributed by atoms with Gasteiger partial charge in [-0.1, -0.05) is 0 Å². The lowest BCUT2D eigenvalue weighted by atomic mass is 10.2. The second-order valence-corrected chi connectivity index (χ2v) is 3.48. The molecule has 0 unspecified atom stereocenters. The lowest BCUT2D eigenvalue weighted by Gasteiger charge is -2.17. The van der Waals surface area contributed by atoms with Gasteiger partial charge in [0.05, 0.1) is 6.67 Å². The van der Waals surface area contributed by atoms with E-state index in [9.17, 15) is 19.5 Å². The number of anilines is 1. The summed E-state index contributed by atoms with van der Waals surface area (Å²) in [5, 5.41) is 16.5. The molecule has 5 N–H and O–H groups in total. The van der Waals surface area contributed by atoms with Crippen molar-refractivity contribution in [3.05, 3.63) is 40.1 Å². The van der Waals surface area contributed by atoms with Crippen molar-refractivity contribution in [1.82, 2.24) is 15.6 Å². The van der Waals surface area contributed by atoms with Gasteiger partial charge in [-0.15, -0.1) is 0 Å². The minimum absolute atomic E-state index is 0.0481. The zero-order valence-electron chi connectivity index (χ0n) is 9.11. The fourth-order valence-corrected chi connectivity index (χ4v) is 1.42. The van der Waals surface area contributed by atoms with Gasteiger partial charge in [0.2, 0.25) is 11.4 Å². The molecule has 8 nitrogen and oxygen atoms in total. The van der Waals surface area contributed by atoms with Crippen LogP contribution in [0.25, 0.3) is 0 Å². The van der Waals surface area contributed by atoms with Gasteiger partial charge in [-0.3, -0.25) is 14.4 Å². The van der Waals surface area contributed by atoms with Crippen LogP contribution in [-0.2, 0) is 9.59 Å². The number of hydrogen-bond donors (Lipinski definition) is 5. The summed E-state index contributed by atoms with van der Waals surface area (Å²) in [4.78, 5) is 36.6.